The van der Waals surface area contributed by atoms with Crippen molar-refractivity contribution in [3.05, 3.63) is 0 Å². The third-order valence-electron chi connectivity index (χ3n) is 2.98. The van der Waals surface area contributed by atoms with Crippen molar-refractivity contribution < 1.29 is 17.7 Å². The van der Waals surface area contributed by atoms with E-state index in [0.717, 1.165) is 12.8 Å². The second-order valence-electron chi connectivity index (χ2n) is 4.57. The van der Waals surface area contributed by atoms with E-state index >= 15 is 0 Å². The summed E-state index contributed by atoms with van der Waals surface area (Å²) in [6.07, 6.45) is 6.04. The lowest BCUT2D eigenvalue weighted by Crippen LogP contribution is -2.54. The van der Waals surface area contributed by atoms with E-state index in [1.165, 1.54) is 19.3 Å². The lowest BCUT2D eigenvalue weighted by Gasteiger charge is -2.31. The van der Waals surface area contributed by atoms with Crippen molar-refractivity contribution in [3.63, 3.8) is 0 Å². The molecule has 116 valence electrons. The largest absolute Gasteiger partial charge is 0.537 e. The van der Waals surface area contributed by atoms with Crippen LogP contribution < -0.4 is 0 Å². The van der Waals surface area contributed by atoms with Gasteiger partial charge in [-0.3, -0.25) is 0 Å². The number of unbranched alkanes of at least 4 members (excludes halogenated alkanes) is 4. The maximum atomic E-state index is 14.5. The lowest BCUT2D eigenvalue weighted by atomic mass is 10.1. The Hall–Kier alpha value is 0.0269. The fourth-order valence-corrected chi connectivity index (χ4v) is 4.66. The SMILES string of the molecule is CCCCCCCC(F)[Si](OCC)(OCC)OCC. The van der Waals surface area contributed by atoms with Crippen molar-refractivity contribution in [2.75, 3.05) is 19.8 Å². The number of alkyl halides is 1. The van der Waals surface area contributed by atoms with Crippen molar-refractivity contribution in [1.82, 2.24) is 0 Å². The molecule has 0 saturated heterocycles. The third-order valence-corrected chi connectivity index (χ3v) is 6.11. The highest BCUT2D eigenvalue weighted by atomic mass is 28.4. The summed E-state index contributed by atoms with van der Waals surface area (Å²) < 4.78 is 31.2. The minimum absolute atomic E-state index is 0.433. The van der Waals surface area contributed by atoms with Crippen molar-refractivity contribution in [1.29, 1.82) is 0 Å². The van der Waals surface area contributed by atoms with Crippen LogP contribution in [0.3, 0.4) is 0 Å². The predicted molar refractivity (Wildman–Crippen MR) is 78.9 cm³/mol. The van der Waals surface area contributed by atoms with Crippen molar-refractivity contribution in [2.24, 2.45) is 0 Å². The summed E-state index contributed by atoms with van der Waals surface area (Å²) in [6, 6.07) is 0. The molecule has 0 saturated carbocycles. The van der Waals surface area contributed by atoms with Crippen LogP contribution in [-0.4, -0.2) is 34.4 Å². The molecular formula is C14H31FO3Si. The molecule has 0 fully saturated rings. The molecule has 0 spiro atoms. The zero-order valence-corrected chi connectivity index (χ0v) is 14.0. The second kappa shape index (κ2) is 11.8. The van der Waals surface area contributed by atoms with Crippen LogP contribution in [0.1, 0.15) is 66.2 Å². The van der Waals surface area contributed by atoms with Gasteiger partial charge in [-0.25, -0.2) is 4.39 Å². The molecule has 0 rings (SSSR count). The summed E-state index contributed by atoms with van der Waals surface area (Å²) in [7, 11) is -3.13. The molecule has 3 nitrogen and oxygen atoms in total. The summed E-state index contributed by atoms with van der Waals surface area (Å²) in [5.74, 6) is -1.10. The predicted octanol–water partition coefficient (Wildman–Crippen LogP) is 4.27. The Morgan fingerprint density at radius 1 is 0.789 bits per heavy atom. The fourth-order valence-electron chi connectivity index (χ4n) is 2.10. The van der Waals surface area contributed by atoms with E-state index in [-0.39, 0.29) is 0 Å². The molecule has 0 aromatic carbocycles. The van der Waals surface area contributed by atoms with Crippen LogP contribution in [0, 0.1) is 0 Å². The summed E-state index contributed by atoms with van der Waals surface area (Å²) in [6.45, 7) is 9.04. The molecule has 0 heterocycles. The molecule has 1 atom stereocenters. The smallest absolute Gasteiger partial charge is 0.372 e. The van der Waals surface area contributed by atoms with E-state index in [1.807, 2.05) is 20.8 Å². The highest BCUT2D eigenvalue weighted by Crippen LogP contribution is 2.23. The Bertz CT molecular complexity index is 188. The van der Waals surface area contributed by atoms with Crippen LogP contribution >= 0.6 is 0 Å². The Morgan fingerprint density at radius 2 is 1.26 bits per heavy atom. The number of halogens is 1. The topological polar surface area (TPSA) is 27.7 Å². The van der Waals surface area contributed by atoms with Crippen LogP contribution in [0.5, 0.6) is 0 Å². The highest BCUT2D eigenvalue weighted by molar-refractivity contribution is 6.62. The van der Waals surface area contributed by atoms with Gasteiger partial charge in [0.1, 0.15) is 0 Å². The summed E-state index contributed by atoms with van der Waals surface area (Å²) in [5.41, 5.74) is 0. The Morgan fingerprint density at radius 3 is 1.68 bits per heavy atom. The van der Waals surface area contributed by atoms with Gasteiger partial charge in [-0.2, -0.15) is 0 Å². The zero-order chi connectivity index (χ0) is 14.6. The molecule has 0 aliphatic carbocycles. The van der Waals surface area contributed by atoms with E-state index in [1.54, 1.807) is 0 Å². The molecule has 0 bridgehead atoms. The van der Waals surface area contributed by atoms with Gasteiger partial charge in [-0.05, 0) is 27.2 Å². The second-order valence-corrected chi connectivity index (χ2v) is 7.27. The molecule has 0 aromatic rings. The van der Waals surface area contributed by atoms with Crippen molar-refractivity contribution in [2.45, 2.75) is 72.0 Å². The number of hydrogen-bond acceptors (Lipinski definition) is 3. The summed E-state index contributed by atoms with van der Waals surface area (Å²) >= 11 is 0. The van der Waals surface area contributed by atoms with Gasteiger partial charge in [0.2, 0.25) is 0 Å². The maximum Gasteiger partial charge on any atom is 0.537 e. The van der Waals surface area contributed by atoms with Gasteiger partial charge in [0.25, 0.3) is 0 Å². The average Bonchev–Trinajstić information content (AvgIpc) is 2.39. The average molecular weight is 294 g/mol. The van der Waals surface area contributed by atoms with Crippen LogP contribution in [0.4, 0.5) is 4.39 Å². The summed E-state index contributed by atoms with van der Waals surface area (Å²) in [4.78, 5) is 0. The zero-order valence-electron chi connectivity index (χ0n) is 13.0. The molecule has 0 aliphatic rings. The number of hydrogen-bond donors (Lipinski definition) is 0. The Balaban J connectivity index is 4.30. The third kappa shape index (κ3) is 7.39. The van der Waals surface area contributed by atoms with Gasteiger partial charge >= 0.3 is 8.80 Å². The van der Waals surface area contributed by atoms with Crippen molar-refractivity contribution >= 4 is 8.80 Å². The standard InChI is InChI=1S/C14H31FO3Si/c1-5-9-10-11-12-13-14(15)19(16-6-2,17-7-3)18-8-4/h14H,5-13H2,1-4H3. The monoisotopic (exact) mass is 294 g/mol. The van der Waals surface area contributed by atoms with E-state index in [2.05, 4.69) is 6.92 Å². The molecular weight excluding hydrogens is 263 g/mol. The lowest BCUT2D eigenvalue weighted by molar-refractivity contribution is 0.0415. The quantitative estimate of drug-likeness (QED) is 0.375. The van der Waals surface area contributed by atoms with E-state index in [0.29, 0.717) is 26.2 Å². The van der Waals surface area contributed by atoms with Gasteiger partial charge in [-0.1, -0.05) is 39.0 Å². The van der Waals surface area contributed by atoms with E-state index < -0.39 is 14.6 Å². The minimum Gasteiger partial charge on any atom is -0.372 e. The fraction of sp³-hybridized carbons (Fsp3) is 1.00. The molecule has 1 unspecified atom stereocenters. The van der Waals surface area contributed by atoms with E-state index in [9.17, 15) is 4.39 Å². The van der Waals surface area contributed by atoms with Gasteiger partial charge in [-0.15, -0.1) is 0 Å². The normalized spacial score (nSPS) is 13.7. The highest BCUT2D eigenvalue weighted by Gasteiger charge is 2.49. The molecule has 0 N–H and O–H groups in total. The van der Waals surface area contributed by atoms with Crippen molar-refractivity contribution in [3.8, 4) is 0 Å². The molecule has 0 radical (unpaired) electrons. The first-order valence-corrected chi connectivity index (χ1v) is 9.52. The van der Waals surface area contributed by atoms with Crippen LogP contribution in [0.15, 0.2) is 0 Å². The van der Waals surface area contributed by atoms with Crippen LogP contribution in [-0.2, 0) is 13.3 Å². The maximum absolute atomic E-state index is 14.5. The van der Waals surface area contributed by atoms with Gasteiger partial charge in [0.05, 0.1) is 0 Å². The Kier molecular flexibility index (Phi) is 11.8. The first-order chi connectivity index (χ1) is 9.16. The first-order valence-electron chi connectivity index (χ1n) is 7.72. The molecule has 0 amide bonds. The van der Waals surface area contributed by atoms with Crippen LogP contribution in [0.25, 0.3) is 0 Å². The molecule has 19 heavy (non-hydrogen) atoms. The van der Waals surface area contributed by atoms with Gasteiger partial charge in [0.15, 0.2) is 5.79 Å². The summed E-state index contributed by atoms with van der Waals surface area (Å²) in [5, 5.41) is 0. The minimum atomic E-state index is -3.13. The number of rotatable bonds is 13. The molecule has 5 heteroatoms. The van der Waals surface area contributed by atoms with Gasteiger partial charge < -0.3 is 13.3 Å². The Labute approximate surface area is 119 Å². The first kappa shape index (κ1) is 19.0. The van der Waals surface area contributed by atoms with Crippen LogP contribution in [0.2, 0.25) is 0 Å². The van der Waals surface area contributed by atoms with E-state index in [4.69, 9.17) is 13.3 Å². The molecule has 0 aromatic heterocycles. The van der Waals surface area contributed by atoms with Gasteiger partial charge in [0, 0.05) is 19.8 Å². The molecule has 0 aliphatic heterocycles.